The Morgan fingerprint density at radius 2 is 1.78 bits per heavy atom. The summed E-state index contributed by atoms with van der Waals surface area (Å²) < 4.78 is 15.0. The maximum absolute atomic E-state index is 13.2. The molecule has 3 aromatic rings. The fourth-order valence-electron chi connectivity index (χ4n) is 4.09. The second-order valence-corrected chi connectivity index (χ2v) is 11.1. The van der Waals surface area contributed by atoms with Crippen LogP contribution in [0.3, 0.4) is 0 Å². The van der Waals surface area contributed by atoms with E-state index in [2.05, 4.69) is 25.4 Å². The highest BCUT2D eigenvalue weighted by atomic mass is 35.5. The number of ketones is 1. The summed E-state index contributed by atoms with van der Waals surface area (Å²) >= 11 is 7.96. The van der Waals surface area contributed by atoms with E-state index in [4.69, 9.17) is 11.6 Å². The Hall–Kier alpha value is -2.63. The van der Waals surface area contributed by atoms with E-state index in [-0.39, 0.29) is 18.0 Å². The van der Waals surface area contributed by atoms with E-state index in [1.807, 2.05) is 47.6 Å². The van der Waals surface area contributed by atoms with E-state index in [9.17, 15) is 9.18 Å². The molecule has 0 amide bonds. The second-order valence-electron chi connectivity index (χ2n) is 9.30. The first-order chi connectivity index (χ1) is 17.1. The summed E-state index contributed by atoms with van der Waals surface area (Å²) in [5.74, 6) is 0.333. The molecular formula is C30H34ClFN2OS. The third kappa shape index (κ3) is 7.94. The van der Waals surface area contributed by atoms with Gasteiger partial charge in [0.05, 0.1) is 12.1 Å². The third-order valence-corrected chi connectivity index (χ3v) is 7.55. The van der Waals surface area contributed by atoms with Crippen molar-refractivity contribution < 1.29 is 9.18 Å². The maximum atomic E-state index is 13.2. The number of Topliss-reactive ketones (excluding diaryl/α,β-unsaturated/α-hetero) is 1. The summed E-state index contributed by atoms with van der Waals surface area (Å²) in [4.78, 5) is 19.0. The monoisotopic (exact) mass is 524 g/mol. The number of carbonyl (C=O) groups is 1. The van der Waals surface area contributed by atoms with E-state index in [1.165, 1.54) is 56.1 Å². The van der Waals surface area contributed by atoms with Gasteiger partial charge in [0.15, 0.2) is 0 Å². The van der Waals surface area contributed by atoms with Gasteiger partial charge in [-0.1, -0.05) is 48.0 Å². The molecule has 0 spiro atoms. The van der Waals surface area contributed by atoms with Gasteiger partial charge in [0.25, 0.3) is 0 Å². The second kappa shape index (κ2) is 13.1. The molecule has 36 heavy (non-hydrogen) atoms. The minimum atomic E-state index is -0.305. The smallest absolute Gasteiger partial charge is 0.137 e. The molecule has 2 aromatic carbocycles. The molecule has 0 saturated heterocycles. The zero-order chi connectivity index (χ0) is 26.2. The van der Waals surface area contributed by atoms with Gasteiger partial charge in [-0.25, -0.2) is 9.37 Å². The van der Waals surface area contributed by atoms with Gasteiger partial charge in [-0.05, 0) is 105 Å². The molecule has 0 atom stereocenters. The molecule has 1 aliphatic rings. The number of benzene rings is 2. The highest BCUT2D eigenvalue weighted by molar-refractivity contribution is 8.06. The quantitative estimate of drug-likeness (QED) is 0.322. The van der Waals surface area contributed by atoms with Gasteiger partial charge in [-0.15, -0.1) is 0 Å². The number of carbonyl (C=O) groups excluding carboxylic acids is 1. The first-order valence-electron chi connectivity index (χ1n) is 12.3. The predicted molar refractivity (Wildman–Crippen MR) is 151 cm³/mol. The molecule has 0 bridgehead atoms. The normalized spacial score (nSPS) is 13.6. The Bertz CT molecular complexity index is 1260. The van der Waals surface area contributed by atoms with Crippen molar-refractivity contribution in [1.82, 2.24) is 9.55 Å². The van der Waals surface area contributed by atoms with Gasteiger partial charge in [0, 0.05) is 22.5 Å². The van der Waals surface area contributed by atoms with Crippen molar-refractivity contribution in [2.45, 2.75) is 66.2 Å². The number of halogens is 2. The van der Waals surface area contributed by atoms with Crippen LogP contribution in [0.4, 0.5) is 4.39 Å². The van der Waals surface area contributed by atoms with Crippen molar-refractivity contribution in [2.75, 3.05) is 0 Å². The molecule has 1 aromatic heterocycles. The van der Waals surface area contributed by atoms with Crippen molar-refractivity contribution in [2.24, 2.45) is 0 Å². The molecule has 0 saturated carbocycles. The molecule has 6 heteroatoms. The van der Waals surface area contributed by atoms with E-state index in [1.54, 1.807) is 22.6 Å². The number of hydrogen-bond donors (Lipinski definition) is 0. The van der Waals surface area contributed by atoms with Gasteiger partial charge >= 0.3 is 0 Å². The van der Waals surface area contributed by atoms with Crippen molar-refractivity contribution in [1.29, 1.82) is 0 Å². The first kappa shape index (κ1) is 27.9. The molecule has 1 heterocycles. The fourth-order valence-corrected chi connectivity index (χ4v) is 5.15. The number of hydrogen-bond acceptors (Lipinski definition) is 3. The van der Waals surface area contributed by atoms with Crippen molar-refractivity contribution >= 4 is 29.1 Å². The largest absolute Gasteiger partial charge is 0.303 e. The average Bonchev–Trinajstić information content (AvgIpc) is 3.12. The van der Waals surface area contributed by atoms with Gasteiger partial charge in [0.2, 0.25) is 0 Å². The van der Waals surface area contributed by atoms with E-state index in [0.29, 0.717) is 10.8 Å². The van der Waals surface area contributed by atoms with Crippen LogP contribution >= 0.6 is 23.4 Å². The van der Waals surface area contributed by atoms with Gasteiger partial charge in [-0.3, -0.25) is 4.79 Å². The minimum Gasteiger partial charge on any atom is -0.303 e. The molecule has 0 unspecified atom stereocenters. The average molecular weight is 525 g/mol. The molecule has 3 nitrogen and oxygen atoms in total. The number of aromatic nitrogens is 2. The lowest BCUT2D eigenvalue weighted by Gasteiger charge is -2.07. The van der Waals surface area contributed by atoms with Crippen molar-refractivity contribution in [3.8, 4) is 16.9 Å². The van der Waals surface area contributed by atoms with E-state index < -0.39 is 0 Å². The molecule has 0 radical (unpaired) electrons. The maximum Gasteiger partial charge on any atom is 0.137 e. The Labute approximate surface area is 223 Å². The van der Waals surface area contributed by atoms with Crippen molar-refractivity contribution in [3.63, 3.8) is 0 Å². The molecule has 190 valence electrons. The number of nitrogens with zero attached hydrogens (tertiary/aromatic N) is 2. The van der Waals surface area contributed by atoms with Crippen LogP contribution < -0.4 is 0 Å². The fraction of sp³-hybridized carbons (Fsp3) is 0.333. The summed E-state index contributed by atoms with van der Waals surface area (Å²) in [5, 5.41) is 0.695. The Morgan fingerprint density at radius 3 is 2.42 bits per heavy atom. The van der Waals surface area contributed by atoms with Gasteiger partial charge < -0.3 is 4.57 Å². The lowest BCUT2D eigenvalue weighted by molar-refractivity contribution is -0.116. The van der Waals surface area contributed by atoms with E-state index >= 15 is 0 Å². The highest BCUT2D eigenvalue weighted by Gasteiger charge is 2.14. The van der Waals surface area contributed by atoms with Crippen LogP contribution in [0.15, 0.2) is 70.6 Å². The van der Waals surface area contributed by atoms with Crippen LogP contribution in [0.25, 0.3) is 16.9 Å². The lowest BCUT2D eigenvalue weighted by Crippen LogP contribution is -2.05. The van der Waals surface area contributed by atoms with Crippen LogP contribution in [0, 0.1) is 12.7 Å². The van der Waals surface area contributed by atoms with Gasteiger partial charge in [0.1, 0.15) is 17.4 Å². The standard InChI is InChI=1S/C19H16ClFN2O.C11H18S/c1-12-9-14(3-8-17(12)20)18-11-23(19(22-18)10-13(2)24)16-6-4-15(21)5-7-16;1-9(2)12-11-8-6-4-5-7-10(11)3/h3-9,11H,10H2,1-2H3;1,4-8H2,2-3H3. The molecular weight excluding hydrogens is 491 g/mol. The van der Waals surface area contributed by atoms with Crippen LogP contribution in [-0.4, -0.2) is 15.3 Å². The lowest BCUT2D eigenvalue weighted by atomic mass is 10.1. The Morgan fingerprint density at radius 1 is 1.08 bits per heavy atom. The summed E-state index contributed by atoms with van der Waals surface area (Å²) in [5.41, 5.74) is 4.98. The number of aryl methyl sites for hydroxylation is 1. The van der Waals surface area contributed by atoms with Crippen LogP contribution in [0.2, 0.25) is 5.02 Å². The predicted octanol–water partition coefficient (Wildman–Crippen LogP) is 9.26. The SMILES string of the molecule is C=C(C)SC1=C(C)CCCCC1.CC(=O)Cc1nc(-c2ccc(Cl)c(C)c2)cn1-c1ccc(F)cc1. The van der Waals surface area contributed by atoms with Crippen LogP contribution in [-0.2, 0) is 11.2 Å². The molecule has 0 N–H and O–H groups in total. The van der Waals surface area contributed by atoms with Gasteiger partial charge in [-0.2, -0.15) is 0 Å². The highest BCUT2D eigenvalue weighted by Crippen LogP contribution is 2.34. The zero-order valence-electron chi connectivity index (χ0n) is 21.5. The van der Waals surface area contributed by atoms with Crippen LogP contribution in [0.5, 0.6) is 0 Å². The number of thioether (sulfide) groups is 1. The minimum absolute atomic E-state index is 0.0165. The van der Waals surface area contributed by atoms with Crippen molar-refractivity contribution in [3.05, 3.63) is 92.9 Å². The molecule has 0 fully saturated rings. The van der Waals surface area contributed by atoms with E-state index in [0.717, 1.165) is 22.5 Å². The van der Waals surface area contributed by atoms with Crippen LogP contribution in [0.1, 0.15) is 64.3 Å². The number of allylic oxidation sites excluding steroid dienone is 3. The Kier molecular flexibility index (Phi) is 10.1. The topological polar surface area (TPSA) is 34.9 Å². The first-order valence-corrected chi connectivity index (χ1v) is 13.5. The Balaban J connectivity index is 0.000000253. The molecule has 0 aliphatic heterocycles. The summed E-state index contributed by atoms with van der Waals surface area (Å²) in [6, 6.07) is 11.8. The summed E-state index contributed by atoms with van der Waals surface area (Å²) in [6.45, 7) is 11.8. The number of imidazole rings is 1. The molecule has 1 aliphatic carbocycles. The third-order valence-electron chi connectivity index (χ3n) is 5.97. The number of rotatable bonds is 6. The summed E-state index contributed by atoms with van der Waals surface area (Å²) in [7, 11) is 0. The zero-order valence-corrected chi connectivity index (χ0v) is 23.1. The molecule has 4 rings (SSSR count). The summed E-state index contributed by atoms with van der Waals surface area (Å²) in [6.07, 6.45) is 8.80.